The maximum atomic E-state index is 10.8. The number of hydrogen-bond donors (Lipinski definition) is 1. The summed E-state index contributed by atoms with van der Waals surface area (Å²) in [6.07, 6.45) is 1.17. The van der Waals surface area contributed by atoms with E-state index >= 15 is 0 Å². The molecule has 0 atom stereocenters. The monoisotopic (exact) mass is 230 g/mol. The lowest BCUT2D eigenvalue weighted by atomic mass is 10.1. The Hall–Kier alpha value is -2.43. The number of aromatic nitrogens is 2. The summed E-state index contributed by atoms with van der Waals surface area (Å²) in [7, 11) is 1.47. The number of aromatic carboxylic acids is 1. The first kappa shape index (κ1) is 11.1. The molecule has 1 aromatic heterocycles. The molecule has 0 bridgehead atoms. The maximum Gasteiger partial charge on any atom is 0.356 e. The van der Waals surface area contributed by atoms with E-state index in [-0.39, 0.29) is 5.69 Å². The number of carboxylic acids is 1. The second-order valence-corrected chi connectivity index (χ2v) is 3.28. The highest BCUT2D eigenvalue weighted by atomic mass is 16.5. The van der Waals surface area contributed by atoms with Crippen molar-refractivity contribution in [1.29, 1.82) is 0 Å². The van der Waals surface area contributed by atoms with Gasteiger partial charge in [-0.1, -0.05) is 30.3 Å². The van der Waals surface area contributed by atoms with Crippen molar-refractivity contribution < 1.29 is 14.6 Å². The highest BCUT2D eigenvalue weighted by Gasteiger charge is 2.13. The molecule has 17 heavy (non-hydrogen) atoms. The van der Waals surface area contributed by atoms with E-state index < -0.39 is 5.97 Å². The number of benzene rings is 1. The number of rotatable bonds is 3. The second-order valence-electron chi connectivity index (χ2n) is 3.28. The van der Waals surface area contributed by atoms with Crippen LogP contribution >= 0.6 is 0 Å². The minimum absolute atomic E-state index is 0.107. The fourth-order valence-electron chi connectivity index (χ4n) is 1.41. The first-order valence-electron chi connectivity index (χ1n) is 4.92. The quantitative estimate of drug-likeness (QED) is 0.871. The van der Waals surface area contributed by atoms with Gasteiger partial charge in [0.2, 0.25) is 5.88 Å². The van der Waals surface area contributed by atoms with Crippen molar-refractivity contribution in [3.05, 3.63) is 42.2 Å². The van der Waals surface area contributed by atoms with Crippen molar-refractivity contribution in [3.8, 4) is 17.1 Å². The lowest BCUT2D eigenvalue weighted by Gasteiger charge is -2.06. The summed E-state index contributed by atoms with van der Waals surface area (Å²) in [6.45, 7) is 0. The molecule has 1 N–H and O–H groups in total. The van der Waals surface area contributed by atoms with Gasteiger partial charge < -0.3 is 9.84 Å². The first-order chi connectivity index (χ1) is 8.22. The number of carboxylic acid groups (broad SMARTS) is 1. The van der Waals surface area contributed by atoms with Crippen molar-refractivity contribution in [1.82, 2.24) is 9.97 Å². The van der Waals surface area contributed by atoms with Crippen molar-refractivity contribution in [2.45, 2.75) is 0 Å². The number of hydrogen-bond acceptors (Lipinski definition) is 4. The predicted molar refractivity (Wildman–Crippen MR) is 61.0 cm³/mol. The van der Waals surface area contributed by atoms with Crippen LogP contribution < -0.4 is 4.74 Å². The molecular formula is C12H10N2O3. The van der Waals surface area contributed by atoms with Gasteiger partial charge in [-0.25, -0.2) is 14.8 Å². The Bertz CT molecular complexity index is 541. The average Bonchev–Trinajstić information content (AvgIpc) is 2.39. The van der Waals surface area contributed by atoms with Crippen LogP contribution in [-0.4, -0.2) is 28.2 Å². The van der Waals surface area contributed by atoms with Gasteiger partial charge in [0.25, 0.3) is 0 Å². The van der Waals surface area contributed by atoms with Crippen molar-refractivity contribution in [2.24, 2.45) is 0 Å². The molecule has 0 saturated carbocycles. The van der Waals surface area contributed by atoms with Crippen LogP contribution in [0.4, 0.5) is 0 Å². The van der Waals surface area contributed by atoms with Crippen LogP contribution in [-0.2, 0) is 0 Å². The Morgan fingerprint density at radius 3 is 2.59 bits per heavy atom. The van der Waals surface area contributed by atoms with Gasteiger partial charge in [0, 0.05) is 5.56 Å². The Kier molecular flexibility index (Phi) is 3.00. The Labute approximate surface area is 97.7 Å². The summed E-state index contributed by atoms with van der Waals surface area (Å²) in [4.78, 5) is 18.8. The highest BCUT2D eigenvalue weighted by molar-refractivity contribution is 5.86. The van der Waals surface area contributed by atoms with Gasteiger partial charge in [0.1, 0.15) is 5.69 Å². The first-order valence-corrected chi connectivity index (χ1v) is 4.92. The zero-order valence-electron chi connectivity index (χ0n) is 9.12. The van der Waals surface area contributed by atoms with E-state index in [0.717, 1.165) is 5.56 Å². The van der Waals surface area contributed by atoms with E-state index in [1.165, 1.54) is 13.3 Å². The van der Waals surface area contributed by atoms with Crippen LogP contribution in [0.25, 0.3) is 11.3 Å². The zero-order chi connectivity index (χ0) is 12.3. The predicted octanol–water partition coefficient (Wildman–Crippen LogP) is 1.85. The van der Waals surface area contributed by atoms with Crippen LogP contribution in [0.2, 0.25) is 0 Å². The Morgan fingerprint density at radius 1 is 1.29 bits per heavy atom. The summed E-state index contributed by atoms with van der Waals surface area (Å²) in [5.41, 5.74) is 1.08. The lowest BCUT2D eigenvalue weighted by Crippen LogP contribution is -2.04. The van der Waals surface area contributed by atoms with E-state index in [0.29, 0.717) is 11.6 Å². The molecule has 1 heterocycles. The molecule has 5 heteroatoms. The maximum absolute atomic E-state index is 10.8. The third-order valence-electron chi connectivity index (χ3n) is 2.20. The molecular weight excluding hydrogens is 220 g/mol. The van der Waals surface area contributed by atoms with Crippen LogP contribution in [0, 0.1) is 0 Å². The highest BCUT2D eigenvalue weighted by Crippen LogP contribution is 2.25. The molecule has 2 rings (SSSR count). The summed E-state index contributed by atoms with van der Waals surface area (Å²) in [5.74, 6) is -0.807. The van der Waals surface area contributed by atoms with Gasteiger partial charge in [-0.05, 0) is 0 Å². The SMILES string of the molecule is COc1ncc(C(=O)O)nc1-c1ccccc1. The number of nitrogens with zero attached hydrogens (tertiary/aromatic N) is 2. The topological polar surface area (TPSA) is 72.3 Å². The summed E-state index contributed by atoms with van der Waals surface area (Å²) in [6, 6.07) is 9.18. The van der Waals surface area contributed by atoms with E-state index in [1.807, 2.05) is 30.3 Å². The molecule has 2 aromatic rings. The van der Waals surface area contributed by atoms with Crippen molar-refractivity contribution >= 4 is 5.97 Å². The Morgan fingerprint density at radius 2 is 2.00 bits per heavy atom. The minimum Gasteiger partial charge on any atom is -0.479 e. The van der Waals surface area contributed by atoms with Gasteiger partial charge in [0.05, 0.1) is 13.3 Å². The number of carbonyl (C=O) groups is 1. The number of ether oxygens (including phenoxy) is 1. The third-order valence-corrected chi connectivity index (χ3v) is 2.20. The van der Waals surface area contributed by atoms with Crippen LogP contribution in [0.15, 0.2) is 36.5 Å². The van der Waals surface area contributed by atoms with E-state index in [9.17, 15) is 4.79 Å². The van der Waals surface area contributed by atoms with Crippen LogP contribution in [0.5, 0.6) is 5.88 Å². The molecule has 86 valence electrons. The fraction of sp³-hybridized carbons (Fsp3) is 0.0833. The van der Waals surface area contributed by atoms with Crippen molar-refractivity contribution in [2.75, 3.05) is 7.11 Å². The number of methoxy groups -OCH3 is 1. The molecule has 0 radical (unpaired) electrons. The van der Waals surface area contributed by atoms with E-state index in [1.54, 1.807) is 0 Å². The van der Waals surface area contributed by atoms with E-state index in [2.05, 4.69) is 9.97 Å². The molecule has 0 saturated heterocycles. The van der Waals surface area contributed by atoms with Gasteiger partial charge in [-0.15, -0.1) is 0 Å². The molecule has 0 aliphatic heterocycles. The minimum atomic E-state index is -1.11. The molecule has 0 aliphatic carbocycles. The zero-order valence-corrected chi connectivity index (χ0v) is 9.12. The van der Waals surface area contributed by atoms with Crippen molar-refractivity contribution in [3.63, 3.8) is 0 Å². The van der Waals surface area contributed by atoms with Gasteiger partial charge in [-0.2, -0.15) is 0 Å². The summed E-state index contributed by atoms with van der Waals surface area (Å²) < 4.78 is 5.07. The molecule has 1 aromatic carbocycles. The molecule has 0 spiro atoms. The summed E-state index contributed by atoms with van der Waals surface area (Å²) in [5, 5.41) is 8.88. The lowest BCUT2D eigenvalue weighted by molar-refractivity contribution is 0.0690. The van der Waals surface area contributed by atoms with Gasteiger partial charge in [-0.3, -0.25) is 0 Å². The molecule has 0 fully saturated rings. The second kappa shape index (κ2) is 4.61. The van der Waals surface area contributed by atoms with Crippen LogP contribution in [0.3, 0.4) is 0 Å². The molecule has 0 amide bonds. The summed E-state index contributed by atoms with van der Waals surface area (Å²) >= 11 is 0. The molecule has 5 nitrogen and oxygen atoms in total. The van der Waals surface area contributed by atoms with Gasteiger partial charge >= 0.3 is 5.97 Å². The smallest absolute Gasteiger partial charge is 0.356 e. The molecule has 0 unspecified atom stereocenters. The standard InChI is InChI=1S/C12H10N2O3/c1-17-11-10(8-5-3-2-4-6-8)14-9(7-13-11)12(15)16/h2-7H,1H3,(H,15,16). The van der Waals surface area contributed by atoms with Gasteiger partial charge in [0.15, 0.2) is 5.69 Å². The molecule has 0 aliphatic rings. The Balaban J connectivity index is 2.58. The third kappa shape index (κ3) is 2.23. The average molecular weight is 230 g/mol. The van der Waals surface area contributed by atoms with Crippen LogP contribution in [0.1, 0.15) is 10.5 Å². The van der Waals surface area contributed by atoms with E-state index in [4.69, 9.17) is 9.84 Å². The fourth-order valence-corrected chi connectivity index (χ4v) is 1.41. The largest absolute Gasteiger partial charge is 0.479 e. The normalized spacial score (nSPS) is 9.94.